The molecule has 0 aliphatic carbocycles. The fraction of sp³-hybridized carbons (Fsp3) is 0.278. The van der Waals surface area contributed by atoms with Gasteiger partial charge in [-0.1, -0.05) is 23.7 Å². The maximum atomic E-state index is 12.8. The predicted octanol–water partition coefficient (Wildman–Crippen LogP) is 3.65. The van der Waals surface area contributed by atoms with Crippen LogP contribution in [-0.2, 0) is 11.2 Å². The molecule has 2 aromatic carbocycles. The van der Waals surface area contributed by atoms with Crippen molar-refractivity contribution in [3.63, 3.8) is 0 Å². The van der Waals surface area contributed by atoms with Crippen LogP contribution in [0.15, 0.2) is 42.5 Å². The van der Waals surface area contributed by atoms with Crippen molar-refractivity contribution >= 4 is 23.2 Å². The number of hydrogen-bond acceptors (Lipinski definition) is 3. The molecule has 2 rings (SSSR count). The Morgan fingerprint density at radius 3 is 2.58 bits per heavy atom. The number of anilines is 1. The number of amides is 1. The number of benzene rings is 2. The number of hydrogen-bond donors (Lipinski definition) is 2. The molecule has 2 aromatic rings. The Morgan fingerprint density at radius 1 is 1.17 bits per heavy atom. The lowest BCUT2D eigenvalue weighted by atomic mass is 10.1. The lowest BCUT2D eigenvalue weighted by Gasteiger charge is -2.09. The summed E-state index contributed by atoms with van der Waals surface area (Å²) in [5.74, 6) is 0.240. The van der Waals surface area contributed by atoms with Gasteiger partial charge in [-0.15, -0.1) is 0 Å². The summed E-state index contributed by atoms with van der Waals surface area (Å²) >= 11 is 6.01. The molecule has 0 spiro atoms. The SMILES string of the molecule is COc1ccc(NC(=O)CCNCCc2ccc(F)cc2)cc1Cl. The van der Waals surface area contributed by atoms with Gasteiger partial charge in [-0.3, -0.25) is 4.79 Å². The van der Waals surface area contributed by atoms with Gasteiger partial charge in [-0.05, 0) is 48.9 Å². The molecule has 0 aliphatic heterocycles. The van der Waals surface area contributed by atoms with Gasteiger partial charge in [-0.2, -0.15) is 0 Å². The molecule has 0 unspecified atom stereocenters. The van der Waals surface area contributed by atoms with E-state index in [9.17, 15) is 9.18 Å². The maximum Gasteiger partial charge on any atom is 0.225 e. The van der Waals surface area contributed by atoms with E-state index in [4.69, 9.17) is 16.3 Å². The Morgan fingerprint density at radius 2 is 1.92 bits per heavy atom. The summed E-state index contributed by atoms with van der Waals surface area (Å²) in [6, 6.07) is 11.5. The second kappa shape index (κ2) is 9.25. The van der Waals surface area contributed by atoms with E-state index in [0.717, 1.165) is 18.5 Å². The summed E-state index contributed by atoms with van der Waals surface area (Å²) in [4.78, 5) is 11.9. The molecular formula is C18H20ClFN2O2. The molecule has 2 N–H and O–H groups in total. The first kappa shape index (κ1) is 18.2. The van der Waals surface area contributed by atoms with E-state index in [1.54, 1.807) is 30.3 Å². The molecule has 0 saturated heterocycles. The van der Waals surface area contributed by atoms with E-state index >= 15 is 0 Å². The zero-order valence-electron chi connectivity index (χ0n) is 13.4. The normalized spacial score (nSPS) is 10.5. The van der Waals surface area contributed by atoms with Gasteiger partial charge in [0, 0.05) is 18.7 Å². The summed E-state index contributed by atoms with van der Waals surface area (Å²) in [7, 11) is 1.54. The molecule has 4 nitrogen and oxygen atoms in total. The highest BCUT2D eigenvalue weighted by molar-refractivity contribution is 6.32. The van der Waals surface area contributed by atoms with E-state index in [2.05, 4.69) is 10.6 Å². The first-order chi connectivity index (χ1) is 11.6. The number of halogens is 2. The van der Waals surface area contributed by atoms with E-state index in [1.165, 1.54) is 19.2 Å². The quantitative estimate of drug-likeness (QED) is 0.714. The third kappa shape index (κ3) is 5.83. The fourth-order valence-corrected chi connectivity index (χ4v) is 2.44. The topological polar surface area (TPSA) is 50.4 Å². The zero-order chi connectivity index (χ0) is 17.4. The molecular weight excluding hydrogens is 331 g/mol. The van der Waals surface area contributed by atoms with Gasteiger partial charge >= 0.3 is 0 Å². The Bertz CT molecular complexity index is 677. The van der Waals surface area contributed by atoms with Crippen molar-refractivity contribution in [1.82, 2.24) is 5.32 Å². The molecule has 0 heterocycles. The molecule has 0 saturated carbocycles. The molecule has 0 atom stereocenters. The van der Waals surface area contributed by atoms with Crippen LogP contribution in [0.3, 0.4) is 0 Å². The van der Waals surface area contributed by atoms with Gasteiger partial charge in [-0.25, -0.2) is 4.39 Å². The summed E-state index contributed by atoms with van der Waals surface area (Å²) in [6.07, 6.45) is 1.14. The van der Waals surface area contributed by atoms with E-state index in [1.807, 2.05) is 0 Å². The molecule has 0 radical (unpaired) electrons. The highest BCUT2D eigenvalue weighted by atomic mass is 35.5. The van der Waals surface area contributed by atoms with Gasteiger partial charge in [0.15, 0.2) is 0 Å². The number of nitrogens with one attached hydrogen (secondary N) is 2. The molecule has 0 aliphatic rings. The lowest BCUT2D eigenvalue weighted by Crippen LogP contribution is -2.23. The van der Waals surface area contributed by atoms with Gasteiger partial charge < -0.3 is 15.4 Å². The molecule has 0 fully saturated rings. The van der Waals surface area contributed by atoms with E-state index in [-0.39, 0.29) is 11.7 Å². The minimum atomic E-state index is -0.234. The van der Waals surface area contributed by atoms with Crippen molar-refractivity contribution in [2.75, 3.05) is 25.5 Å². The Kier molecular flexibility index (Phi) is 7.03. The van der Waals surface area contributed by atoms with Crippen molar-refractivity contribution in [1.29, 1.82) is 0 Å². The molecule has 24 heavy (non-hydrogen) atoms. The third-order valence-electron chi connectivity index (χ3n) is 3.47. The second-order valence-corrected chi connectivity index (χ2v) is 5.68. The van der Waals surface area contributed by atoms with Crippen LogP contribution in [0.25, 0.3) is 0 Å². The monoisotopic (exact) mass is 350 g/mol. The van der Waals surface area contributed by atoms with Crippen LogP contribution in [0.5, 0.6) is 5.75 Å². The Balaban J connectivity index is 1.66. The molecule has 1 amide bonds. The molecule has 128 valence electrons. The smallest absolute Gasteiger partial charge is 0.225 e. The standard InChI is InChI=1S/C18H20ClFN2O2/c1-24-17-7-6-15(12-16(17)19)22-18(23)9-11-21-10-8-13-2-4-14(20)5-3-13/h2-7,12,21H,8-11H2,1H3,(H,22,23). The van der Waals surface area contributed by atoms with Crippen molar-refractivity contribution in [2.24, 2.45) is 0 Å². The van der Waals surface area contributed by atoms with Crippen LogP contribution in [0, 0.1) is 5.82 Å². The minimum Gasteiger partial charge on any atom is -0.495 e. The highest BCUT2D eigenvalue weighted by Crippen LogP contribution is 2.27. The number of ether oxygens (including phenoxy) is 1. The summed E-state index contributed by atoms with van der Waals surface area (Å²) in [6.45, 7) is 1.30. The van der Waals surface area contributed by atoms with Crippen molar-refractivity contribution < 1.29 is 13.9 Å². The molecule has 6 heteroatoms. The fourth-order valence-electron chi connectivity index (χ4n) is 2.18. The van der Waals surface area contributed by atoms with Crippen LogP contribution in [0.2, 0.25) is 5.02 Å². The van der Waals surface area contributed by atoms with E-state index in [0.29, 0.717) is 29.4 Å². The first-order valence-corrected chi connectivity index (χ1v) is 8.05. The number of carbonyl (C=O) groups is 1. The maximum absolute atomic E-state index is 12.8. The average Bonchev–Trinajstić information content (AvgIpc) is 2.56. The molecule has 0 aromatic heterocycles. The van der Waals surface area contributed by atoms with Gasteiger partial charge in [0.25, 0.3) is 0 Å². The van der Waals surface area contributed by atoms with Crippen LogP contribution in [0.1, 0.15) is 12.0 Å². The minimum absolute atomic E-state index is 0.0921. The lowest BCUT2D eigenvalue weighted by molar-refractivity contribution is -0.116. The second-order valence-electron chi connectivity index (χ2n) is 5.27. The Hall–Kier alpha value is -2.11. The van der Waals surface area contributed by atoms with Crippen molar-refractivity contribution in [3.8, 4) is 5.75 Å². The van der Waals surface area contributed by atoms with Crippen molar-refractivity contribution in [2.45, 2.75) is 12.8 Å². The summed E-state index contributed by atoms with van der Waals surface area (Å²) in [5, 5.41) is 6.43. The highest BCUT2D eigenvalue weighted by Gasteiger charge is 2.05. The first-order valence-electron chi connectivity index (χ1n) is 7.67. The average molecular weight is 351 g/mol. The number of rotatable bonds is 8. The van der Waals surface area contributed by atoms with Crippen LogP contribution in [-0.4, -0.2) is 26.1 Å². The number of carbonyl (C=O) groups excluding carboxylic acids is 1. The van der Waals surface area contributed by atoms with Gasteiger partial charge in [0.05, 0.1) is 12.1 Å². The molecule has 0 bridgehead atoms. The van der Waals surface area contributed by atoms with Gasteiger partial charge in [0.1, 0.15) is 11.6 Å². The van der Waals surface area contributed by atoms with Crippen LogP contribution < -0.4 is 15.4 Å². The third-order valence-corrected chi connectivity index (χ3v) is 3.76. The number of methoxy groups -OCH3 is 1. The van der Waals surface area contributed by atoms with Crippen LogP contribution in [0.4, 0.5) is 10.1 Å². The van der Waals surface area contributed by atoms with Crippen LogP contribution >= 0.6 is 11.6 Å². The predicted molar refractivity (Wildman–Crippen MR) is 94.2 cm³/mol. The van der Waals surface area contributed by atoms with Crippen molar-refractivity contribution in [3.05, 3.63) is 58.9 Å². The summed E-state index contributed by atoms with van der Waals surface area (Å²) in [5.41, 5.74) is 1.69. The largest absolute Gasteiger partial charge is 0.495 e. The Labute approximate surface area is 146 Å². The summed E-state index contributed by atoms with van der Waals surface area (Å²) < 4.78 is 17.9. The van der Waals surface area contributed by atoms with Gasteiger partial charge in [0.2, 0.25) is 5.91 Å². The zero-order valence-corrected chi connectivity index (χ0v) is 14.2. The van der Waals surface area contributed by atoms with E-state index < -0.39 is 0 Å².